The number of hydrazine groups is 1. The number of benzene rings is 3. The van der Waals surface area contributed by atoms with Crippen LogP contribution in [0, 0.1) is 5.53 Å². The number of nitrogens with zero attached hydrogens (tertiary/aromatic N) is 5. The lowest BCUT2D eigenvalue weighted by Gasteiger charge is -2.55. The summed E-state index contributed by atoms with van der Waals surface area (Å²) in [5, 5.41) is 22.6. The van der Waals surface area contributed by atoms with Gasteiger partial charge in [-0.2, -0.15) is 5.11 Å². The molecule has 3 aromatic rings. The van der Waals surface area contributed by atoms with Crippen molar-refractivity contribution in [1.82, 2.24) is 25.1 Å². The number of piperazine rings is 1. The molecule has 2 saturated heterocycles. The van der Waals surface area contributed by atoms with Gasteiger partial charge >= 0.3 is 12.0 Å². The number of para-hydroxylation sites is 1. The zero-order valence-electron chi connectivity index (χ0n) is 27.2. The minimum absolute atomic E-state index is 0.0109. The van der Waals surface area contributed by atoms with Gasteiger partial charge in [0.05, 0.1) is 25.4 Å². The second kappa shape index (κ2) is 15.9. The maximum Gasteiger partial charge on any atom is 0.334 e. The Bertz CT molecular complexity index is 1690. The van der Waals surface area contributed by atoms with Crippen molar-refractivity contribution in [3.8, 4) is 5.75 Å². The zero-order valence-corrected chi connectivity index (χ0v) is 27.2. The van der Waals surface area contributed by atoms with E-state index >= 15 is 0 Å². The largest absolute Gasteiger partial charge is 0.508 e. The fourth-order valence-electron chi connectivity index (χ4n) is 6.13. The van der Waals surface area contributed by atoms with Crippen LogP contribution < -0.4 is 10.6 Å². The first-order chi connectivity index (χ1) is 23.7. The van der Waals surface area contributed by atoms with Crippen molar-refractivity contribution in [2.75, 3.05) is 38.1 Å². The lowest BCUT2D eigenvalue weighted by atomic mass is 9.98. The summed E-state index contributed by atoms with van der Waals surface area (Å²) in [6.45, 7) is 5.92. The molecule has 2 aliphatic heterocycles. The van der Waals surface area contributed by atoms with E-state index in [0.29, 0.717) is 16.8 Å². The van der Waals surface area contributed by atoms with Crippen LogP contribution in [0.3, 0.4) is 0 Å². The van der Waals surface area contributed by atoms with Gasteiger partial charge in [-0.15, -0.1) is 6.58 Å². The number of carbonyl (C=O) groups excluding carboxylic acids is 4. The molecule has 0 aromatic heterocycles. The Labute approximate surface area is 284 Å². The highest BCUT2D eigenvalue weighted by atomic mass is 16.5. The monoisotopic (exact) mass is 668 g/mol. The van der Waals surface area contributed by atoms with Crippen LogP contribution in [0.2, 0.25) is 0 Å². The Kier molecular flexibility index (Phi) is 11.2. The summed E-state index contributed by atoms with van der Waals surface area (Å²) < 4.78 is 5.00. The van der Waals surface area contributed by atoms with E-state index in [0.717, 1.165) is 5.56 Å². The SMILES string of the molecule is C=CCN1CC(=O)N2[C@@H](Cc3ccc(O)cc3)C(=O)N(Cc3cccc(NCC(=O)OCC)c3N=N)C[C@@H]2N1C(=O)NCc1ccccc1. The number of ether oxygens (including phenoxy) is 1. The summed E-state index contributed by atoms with van der Waals surface area (Å²) in [6, 6.07) is 19.6. The molecule has 0 bridgehead atoms. The number of urea groups is 1. The summed E-state index contributed by atoms with van der Waals surface area (Å²) >= 11 is 0. The number of phenolic OH excluding ortho intramolecular Hbond substituents is 1. The lowest BCUT2D eigenvalue weighted by Crippen LogP contribution is -2.76. The Morgan fingerprint density at radius 1 is 1.06 bits per heavy atom. The molecular weight excluding hydrogens is 628 g/mol. The molecule has 4 amide bonds. The van der Waals surface area contributed by atoms with Crippen LogP contribution in [-0.4, -0.2) is 93.7 Å². The molecule has 0 saturated carbocycles. The van der Waals surface area contributed by atoms with Crippen molar-refractivity contribution in [2.24, 2.45) is 5.11 Å². The van der Waals surface area contributed by atoms with Gasteiger partial charge < -0.3 is 30.3 Å². The molecule has 14 nitrogen and oxygen atoms in total. The molecule has 2 aliphatic rings. The number of carbonyl (C=O) groups is 4. The molecule has 3 aromatic carbocycles. The van der Waals surface area contributed by atoms with Crippen LogP contribution in [-0.2, 0) is 38.6 Å². The van der Waals surface area contributed by atoms with Gasteiger partial charge in [0, 0.05) is 31.6 Å². The predicted octanol–water partition coefficient (Wildman–Crippen LogP) is 3.77. The number of fused-ring (bicyclic) bond motifs is 1. The maximum atomic E-state index is 14.3. The highest BCUT2D eigenvalue weighted by Crippen LogP contribution is 2.34. The molecule has 256 valence electrons. The molecular formula is C35H40N8O6. The van der Waals surface area contributed by atoms with Crippen LogP contribution in [0.4, 0.5) is 16.2 Å². The summed E-state index contributed by atoms with van der Waals surface area (Å²) in [5.41, 5.74) is 10.7. The molecule has 0 aliphatic carbocycles. The van der Waals surface area contributed by atoms with Crippen molar-refractivity contribution >= 4 is 35.2 Å². The van der Waals surface area contributed by atoms with Crippen LogP contribution in [0.5, 0.6) is 5.75 Å². The Balaban J connectivity index is 1.50. The number of esters is 1. The third-order valence-corrected chi connectivity index (χ3v) is 8.35. The van der Waals surface area contributed by atoms with E-state index in [1.807, 2.05) is 30.3 Å². The third kappa shape index (κ3) is 8.04. The molecule has 0 radical (unpaired) electrons. The maximum absolute atomic E-state index is 14.3. The van der Waals surface area contributed by atoms with Crippen molar-refractivity contribution in [1.29, 1.82) is 5.53 Å². The minimum Gasteiger partial charge on any atom is -0.508 e. The first kappa shape index (κ1) is 34.6. The first-order valence-corrected chi connectivity index (χ1v) is 16.0. The topological polar surface area (TPSA) is 171 Å². The number of anilines is 1. The van der Waals surface area contributed by atoms with Crippen LogP contribution in [0.15, 0.2) is 90.6 Å². The van der Waals surface area contributed by atoms with Crippen LogP contribution in [0.1, 0.15) is 23.6 Å². The summed E-state index contributed by atoms with van der Waals surface area (Å²) in [5.74, 6) is -1.07. The number of nitrogens with one attached hydrogen (secondary N) is 3. The van der Waals surface area contributed by atoms with E-state index in [9.17, 15) is 24.3 Å². The number of amides is 4. The van der Waals surface area contributed by atoms with Gasteiger partial charge in [-0.25, -0.2) is 20.3 Å². The third-order valence-electron chi connectivity index (χ3n) is 8.35. The van der Waals surface area contributed by atoms with E-state index in [1.165, 1.54) is 22.0 Å². The van der Waals surface area contributed by atoms with Crippen LogP contribution >= 0.6 is 0 Å². The first-order valence-electron chi connectivity index (χ1n) is 16.0. The Morgan fingerprint density at radius 3 is 2.51 bits per heavy atom. The van der Waals surface area contributed by atoms with E-state index in [2.05, 4.69) is 22.3 Å². The van der Waals surface area contributed by atoms with E-state index in [-0.39, 0.29) is 75.5 Å². The van der Waals surface area contributed by atoms with Gasteiger partial charge in [0.1, 0.15) is 30.2 Å². The Hall–Kier alpha value is -5.76. The summed E-state index contributed by atoms with van der Waals surface area (Å²) in [4.78, 5) is 57.2. The lowest BCUT2D eigenvalue weighted by molar-refractivity contribution is -0.189. The van der Waals surface area contributed by atoms with E-state index in [4.69, 9.17) is 10.3 Å². The van der Waals surface area contributed by atoms with Gasteiger partial charge in [0.25, 0.3) is 0 Å². The summed E-state index contributed by atoms with van der Waals surface area (Å²) in [6.07, 6.45) is 0.866. The molecule has 2 fully saturated rings. The highest BCUT2D eigenvalue weighted by molar-refractivity contribution is 5.92. The van der Waals surface area contributed by atoms with Gasteiger partial charge in [-0.05, 0) is 36.2 Å². The Morgan fingerprint density at radius 2 is 1.82 bits per heavy atom. The van der Waals surface area contributed by atoms with Crippen LogP contribution in [0.25, 0.3) is 0 Å². The quantitative estimate of drug-likeness (QED) is 0.121. The number of hydrogen-bond donors (Lipinski definition) is 4. The molecule has 0 unspecified atom stereocenters. The average molecular weight is 669 g/mol. The van der Waals surface area contributed by atoms with Crippen molar-refractivity contribution < 1.29 is 29.0 Å². The minimum atomic E-state index is -0.979. The number of phenols is 1. The molecule has 0 spiro atoms. The fourth-order valence-corrected chi connectivity index (χ4v) is 6.13. The van der Waals surface area contributed by atoms with Gasteiger partial charge in [0.2, 0.25) is 11.8 Å². The molecule has 49 heavy (non-hydrogen) atoms. The van der Waals surface area contributed by atoms with Gasteiger partial charge in [-0.1, -0.05) is 60.7 Å². The van der Waals surface area contributed by atoms with Crippen molar-refractivity contribution in [3.05, 3.63) is 102 Å². The molecule has 4 N–H and O–H groups in total. The van der Waals surface area contributed by atoms with E-state index < -0.39 is 24.2 Å². The zero-order chi connectivity index (χ0) is 34.9. The number of hydrogen-bond acceptors (Lipinski definition) is 10. The second-order valence-electron chi connectivity index (χ2n) is 11.6. The van der Waals surface area contributed by atoms with Crippen molar-refractivity contribution in [3.63, 3.8) is 0 Å². The highest BCUT2D eigenvalue weighted by Gasteiger charge is 2.51. The molecule has 5 rings (SSSR count). The molecule has 2 heterocycles. The number of aromatic hydroxyl groups is 1. The smallest absolute Gasteiger partial charge is 0.334 e. The second-order valence-corrected chi connectivity index (χ2v) is 11.6. The predicted molar refractivity (Wildman–Crippen MR) is 180 cm³/mol. The van der Waals surface area contributed by atoms with E-state index in [1.54, 1.807) is 53.2 Å². The van der Waals surface area contributed by atoms with Crippen molar-refractivity contribution in [2.45, 2.75) is 38.6 Å². The van der Waals surface area contributed by atoms with Gasteiger partial charge in [0.15, 0.2) is 0 Å². The molecule has 14 heteroatoms. The fraction of sp³-hybridized carbons (Fsp3) is 0.314. The summed E-state index contributed by atoms with van der Waals surface area (Å²) in [7, 11) is 0. The standard InChI is InChI=1S/C35H40N8O6/c1-3-17-41-23-31(45)42-29(18-24-13-15-27(44)16-14-24)34(47)40(22-30(42)43(41)35(48)38-19-25-9-6-5-7-10-25)21-26-11-8-12-28(33(26)39-36)37-20-32(46)49-4-2/h3,5-16,29-30,36-37,44H,1,4,17-23H2,2H3,(H,38,48)/t29-,30-/m0/s1. The molecule has 2 atom stereocenters. The number of rotatable bonds is 13. The van der Waals surface area contributed by atoms with Gasteiger partial charge in [-0.3, -0.25) is 14.4 Å². The average Bonchev–Trinajstić information content (AvgIpc) is 3.09. The normalized spacial score (nSPS) is 17.7.